The Balaban J connectivity index is 1.72. The van der Waals surface area contributed by atoms with Crippen molar-refractivity contribution >= 4 is 5.95 Å². The Morgan fingerprint density at radius 3 is 2.90 bits per heavy atom. The minimum absolute atomic E-state index is 0.385. The van der Waals surface area contributed by atoms with Gasteiger partial charge in [0, 0.05) is 18.3 Å². The van der Waals surface area contributed by atoms with Gasteiger partial charge >= 0.3 is 0 Å². The highest BCUT2D eigenvalue weighted by Gasteiger charge is 2.12. The number of anilines is 1. The summed E-state index contributed by atoms with van der Waals surface area (Å²) in [6.45, 7) is 7.96. The summed E-state index contributed by atoms with van der Waals surface area (Å²) < 4.78 is 11.2. The van der Waals surface area contributed by atoms with E-state index >= 15 is 0 Å². The van der Waals surface area contributed by atoms with Gasteiger partial charge in [0.05, 0.1) is 19.3 Å². The molecule has 0 unspecified atom stereocenters. The summed E-state index contributed by atoms with van der Waals surface area (Å²) in [5.74, 6) is 1.21. The fourth-order valence-corrected chi connectivity index (χ4v) is 2.19. The Bertz CT molecular complexity index is 408. The zero-order valence-electron chi connectivity index (χ0n) is 12.3. The Morgan fingerprint density at radius 2 is 2.15 bits per heavy atom. The maximum absolute atomic E-state index is 5.82. The minimum Gasteiger partial charge on any atom is -0.478 e. The Labute approximate surface area is 120 Å². The van der Waals surface area contributed by atoms with Gasteiger partial charge in [0.25, 0.3) is 0 Å². The molecule has 0 spiro atoms. The predicted octanol–water partition coefficient (Wildman–Crippen LogP) is 1.36. The van der Waals surface area contributed by atoms with E-state index in [1.165, 1.54) is 0 Å². The van der Waals surface area contributed by atoms with Crippen LogP contribution in [0.25, 0.3) is 0 Å². The molecule has 1 aromatic rings. The molecule has 2 N–H and O–H groups in total. The Hall–Kier alpha value is -1.40. The first-order chi connectivity index (χ1) is 9.78. The van der Waals surface area contributed by atoms with Crippen molar-refractivity contribution in [1.29, 1.82) is 0 Å². The number of piperidine rings is 1. The van der Waals surface area contributed by atoms with Gasteiger partial charge in [0.1, 0.15) is 0 Å². The summed E-state index contributed by atoms with van der Waals surface area (Å²) in [5, 5.41) is 6.51. The fourth-order valence-electron chi connectivity index (χ4n) is 2.19. The topological polar surface area (TPSA) is 68.3 Å². The average molecular weight is 280 g/mol. The van der Waals surface area contributed by atoms with Crippen LogP contribution < -0.4 is 15.4 Å². The summed E-state index contributed by atoms with van der Waals surface area (Å²) in [7, 11) is 0. The van der Waals surface area contributed by atoms with Crippen molar-refractivity contribution in [2.45, 2.75) is 32.8 Å². The number of hydrogen-bond donors (Lipinski definition) is 2. The first-order valence-electron chi connectivity index (χ1n) is 7.32. The summed E-state index contributed by atoms with van der Waals surface area (Å²) in [4.78, 5) is 8.63. The van der Waals surface area contributed by atoms with Crippen molar-refractivity contribution < 1.29 is 9.47 Å². The zero-order valence-corrected chi connectivity index (χ0v) is 12.3. The fraction of sp³-hybridized carbons (Fsp3) is 0.714. The summed E-state index contributed by atoms with van der Waals surface area (Å²) >= 11 is 0. The van der Waals surface area contributed by atoms with Gasteiger partial charge in [-0.05, 0) is 39.8 Å². The third kappa shape index (κ3) is 4.94. The van der Waals surface area contributed by atoms with Crippen molar-refractivity contribution in [2.75, 3.05) is 38.2 Å². The van der Waals surface area contributed by atoms with Crippen molar-refractivity contribution in [3.8, 4) is 5.88 Å². The van der Waals surface area contributed by atoms with E-state index in [1.54, 1.807) is 0 Å². The maximum atomic E-state index is 5.82. The van der Waals surface area contributed by atoms with E-state index in [0.717, 1.165) is 31.6 Å². The first kappa shape index (κ1) is 15.0. The van der Waals surface area contributed by atoms with Crippen LogP contribution in [0.15, 0.2) is 6.07 Å². The molecule has 2 heterocycles. The minimum atomic E-state index is 0.385. The highest BCUT2D eigenvalue weighted by atomic mass is 16.5. The molecule has 0 amide bonds. The van der Waals surface area contributed by atoms with Crippen LogP contribution >= 0.6 is 0 Å². The molecule has 6 heteroatoms. The van der Waals surface area contributed by atoms with Gasteiger partial charge in [-0.2, -0.15) is 4.98 Å². The highest BCUT2D eigenvalue weighted by Crippen LogP contribution is 2.12. The Kier molecular flexibility index (Phi) is 6.01. The molecule has 0 atom stereocenters. The summed E-state index contributed by atoms with van der Waals surface area (Å²) in [6, 6.07) is 1.83. The second-order valence-corrected chi connectivity index (χ2v) is 4.85. The van der Waals surface area contributed by atoms with E-state index in [0.29, 0.717) is 37.7 Å². The van der Waals surface area contributed by atoms with Crippen LogP contribution in [0.3, 0.4) is 0 Å². The largest absolute Gasteiger partial charge is 0.478 e. The molecule has 0 bridgehead atoms. The smallest absolute Gasteiger partial charge is 0.226 e. The van der Waals surface area contributed by atoms with Gasteiger partial charge in [0.15, 0.2) is 0 Å². The molecule has 0 aromatic carbocycles. The lowest BCUT2D eigenvalue weighted by atomic mass is 10.1. The SMILES string of the molecule is CCOc1cc(C)nc(NCCOC2CCNCC2)n1. The van der Waals surface area contributed by atoms with Crippen LogP contribution in [0.1, 0.15) is 25.5 Å². The molecule has 0 radical (unpaired) electrons. The summed E-state index contributed by atoms with van der Waals surface area (Å²) in [6.07, 6.45) is 2.57. The molecule has 1 fully saturated rings. The molecule has 2 rings (SSSR count). The molecule has 6 nitrogen and oxygen atoms in total. The van der Waals surface area contributed by atoms with Crippen LogP contribution in [-0.4, -0.2) is 48.9 Å². The number of nitrogens with zero attached hydrogens (tertiary/aromatic N) is 2. The monoisotopic (exact) mass is 280 g/mol. The van der Waals surface area contributed by atoms with E-state index < -0.39 is 0 Å². The first-order valence-corrected chi connectivity index (χ1v) is 7.32. The quantitative estimate of drug-likeness (QED) is 0.735. The normalized spacial score (nSPS) is 16.1. The number of aromatic nitrogens is 2. The molecular weight excluding hydrogens is 256 g/mol. The second-order valence-electron chi connectivity index (χ2n) is 4.85. The lowest BCUT2D eigenvalue weighted by Crippen LogP contribution is -2.33. The molecule has 20 heavy (non-hydrogen) atoms. The zero-order chi connectivity index (χ0) is 14.2. The van der Waals surface area contributed by atoms with Gasteiger partial charge in [-0.25, -0.2) is 4.98 Å². The van der Waals surface area contributed by atoms with Crippen LogP contribution in [0.4, 0.5) is 5.95 Å². The number of rotatable bonds is 7. The lowest BCUT2D eigenvalue weighted by molar-refractivity contribution is 0.0393. The van der Waals surface area contributed by atoms with E-state index in [2.05, 4.69) is 20.6 Å². The van der Waals surface area contributed by atoms with Crippen molar-refractivity contribution in [3.05, 3.63) is 11.8 Å². The molecule has 1 aromatic heterocycles. The molecule has 1 aliphatic rings. The predicted molar refractivity (Wildman–Crippen MR) is 78.3 cm³/mol. The second kappa shape index (κ2) is 8.01. The number of ether oxygens (including phenoxy) is 2. The maximum Gasteiger partial charge on any atom is 0.226 e. The van der Waals surface area contributed by atoms with Gasteiger partial charge in [-0.15, -0.1) is 0 Å². The molecule has 1 saturated heterocycles. The third-order valence-electron chi connectivity index (χ3n) is 3.15. The van der Waals surface area contributed by atoms with Crippen LogP contribution in [0.5, 0.6) is 5.88 Å². The standard InChI is InChI=1S/C14H24N4O2/c1-3-19-13-10-11(2)17-14(18-13)16-8-9-20-12-4-6-15-7-5-12/h10,12,15H,3-9H2,1-2H3,(H,16,17,18). The van der Waals surface area contributed by atoms with Crippen LogP contribution in [-0.2, 0) is 4.74 Å². The van der Waals surface area contributed by atoms with Gasteiger partial charge < -0.3 is 20.1 Å². The lowest BCUT2D eigenvalue weighted by Gasteiger charge is -2.22. The van der Waals surface area contributed by atoms with E-state index in [1.807, 2.05) is 19.9 Å². The van der Waals surface area contributed by atoms with Gasteiger partial charge in [0.2, 0.25) is 11.8 Å². The van der Waals surface area contributed by atoms with Crippen LogP contribution in [0.2, 0.25) is 0 Å². The number of aryl methyl sites for hydroxylation is 1. The Morgan fingerprint density at radius 1 is 1.35 bits per heavy atom. The average Bonchev–Trinajstić information content (AvgIpc) is 2.45. The van der Waals surface area contributed by atoms with Crippen LogP contribution in [0, 0.1) is 6.92 Å². The summed E-state index contributed by atoms with van der Waals surface area (Å²) in [5.41, 5.74) is 0.894. The van der Waals surface area contributed by atoms with Crippen molar-refractivity contribution in [3.63, 3.8) is 0 Å². The number of nitrogens with one attached hydrogen (secondary N) is 2. The molecule has 0 aliphatic carbocycles. The third-order valence-corrected chi connectivity index (χ3v) is 3.15. The highest BCUT2D eigenvalue weighted by molar-refractivity contribution is 5.30. The van der Waals surface area contributed by atoms with Crippen molar-refractivity contribution in [1.82, 2.24) is 15.3 Å². The molecule has 1 aliphatic heterocycles. The number of hydrogen-bond acceptors (Lipinski definition) is 6. The molecule has 112 valence electrons. The van der Waals surface area contributed by atoms with E-state index in [4.69, 9.17) is 9.47 Å². The molecule has 0 saturated carbocycles. The molecular formula is C14H24N4O2. The van der Waals surface area contributed by atoms with E-state index in [-0.39, 0.29) is 0 Å². The van der Waals surface area contributed by atoms with Gasteiger partial charge in [-0.1, -0.05) is 0 Å². The van der Waals surface area contributed by atoms with Gasteiger partial charge in [-0.3, -0.25) is 0 Å². The van der Waals surface area contributed by atoms with Crippen molar-refractivity contribution in [2.24, 2.45) is 0 Å². The van der Waals surface area contributed by atoms with E-state index in [9.17, 15) is 0 Å².